The van der Waals surface area contributed by atoms with E-state index in [2.05, 4.69) is 182 Å². The summed E-state index contributed by atoms with van der Waals surface area (Å²) < 4.78 is 8.97. The smallest absolute Gasteiger partial charge is 0.165 e. The van der Waals surface area contributed by atoms with Crippen LogP contribution >= 0.6 is 11.3 Å². The minimum Gasteiger partial charge on any atom is -0.457 e. The van der Waals surface area contributed by atoms with Crippen molar-refractivity contribution in [1.29, 1.82) is 0 Å². The first-order valence-corrected chi connectivity index (χ1v) is 20.0. The van der Waals surface area contributed by atoms with Crippen LogP contribution in [0.15, 0.2) is 188 Å². The number of nitrogens with zero attached hydrogens (tertiary/aromatic N) is 3. The predicted octanol–water partition coefficient (Wildman–Crippen LogP) is 13.4. The Kier molecular flexibility index (Phi) is 6.98. The molecule has 266 valence electrons. The molecule has 1 spiro atoms. The van der Waals surface area contributed by atoms with Gasteiger partial charge in [0.15, 0.2) is 17.5 Å². The van der Waals surface area contributed by atoms with Gasteiger partial charge >= 0.3 is 0 Å². The molecule has 57 heavy (non-hydrogen) atoms. The number of hydrogen-bond acceptors (Lipinski definition) is 5. The molecule has 10 aromatic rings. The molecular formula is C52H31N3OS. The van der Waals surface area contributed by atoms with Crippen molar-refractivity contribution in [1.82, 2.24) is 15.0 Å². The number of benzene rings is 8. The van der Waals surface area contributed by atoms with E-state index in [1.165, 1.54) is 36.9 Å². The Balaban J connectivity index is 1.11. The third-order valence-electron chi connectivity index (χ3n) is 11.6. The van der Waals surface area contributed by atoms with Gasteiger partial charge in [-0.1, -0.05) is 158 Å². The average molecular weight is 746 g/mol. The van der Waals surface area contributed by atoms with Gasteiger partial charge < -0.3 is 4.74 Å². The number of rotatable bonds is 4. The third kappa shape index (κ3) is 4.70. The number of fused-ring (bicyclic) bond motifs is 12. The van der Waals surface area contributed by atoms with Gasteiger partial charge in [0.1, 0.15) is 11.5 Å². The maximum absolute atomic E-state index is 6.56. The van der Waals surface area contributed by atoms with Crippen LogP contribution in [0.2, 0.25) is 0 Å². The molecule has 0 saturated carbocycles. The van der Waals surface area contributed by atoms with Crippen LogP contribution in [0.4, 0.5) is 0 Å². The van der Waals surface area contributed by atoms with Gasteiger partial charge in [-0.15, -0.1) is 11.3 Å². The molecule has 0 unspecified atom stereocenters. The zero-order valence-corrected chi connectivity index (χ0v) is 31.4. The van der Waals surface area contributed by atoms with Gasteiger partial charge in [-0.2, -0.15) is 0 Å². The summed E-state index contributed by atoms with van der Waals surface area (Å²) in [7, 11) is 0. The summed E-state index contributed by atoms with van der Waals surface area (Å²) in [5.74, 6) is 3.67. The maximum Gasteiger partial charge on any atom is 0.165 e. The summed E-state index contributed by atoms with van der Waals surface area (Å²) in [4.78, 5) is 16.0. The number of ether oxygens (including phenoxy) is 1. The van der Waals surface area contributed by atoms with Gasteiger partial charge in [0.05, 0.1) is 5.41 Å². The second-order valence-corrected chi connectivity index (χ2v) is 15.7. The number of aromatic nitrogens is 3. The summed E-state index contributed by atoms with van der Waals surface area (Å²) >= 11 is 1.79. The lowest BCUT2D eigenvalue weighted by Crippen LogP contribution is -2.32. The van der Waals surface area contributed by atoms with Crippen LogP contribution in [0.3, 0.4) is 0 Å². The molecule has 0 atom stereocenters. The summed E-state index contributed by atoms with van der Waals surface area (Å²) in [5, 5.41) is 2.45. The van der Waals surface area contributed by atoms with Gasteiger partial charge in [0.25, 0.3) is 0 Å². The zero-order chi connectivity index (χ0) is 37.5. The van der Waals surface area contributed by atoms with Crippen LogP contribution < -0.4 is 4.74 Å². The molecule has 3 heterocycles. The molecule has 0 fully saturated rings. The van der Waals surface area contributed by atoms with Gasteiger partial charge in [-0.25, -0.2) is 15.0 Å². The molecule has 0 N–H and O–H groups in total. The number of para-hydroxylation sites is 2. The van der Waals surface area contributed by atoms with Crippen molar-refractivity contribution >= 4 is 31.5 Å². The van der Waals surface area contributed by atoms with Crippen molar-refractivity contribution in [2.24, 2.45) is 0 Å². The van der Waals surface area contributed by atoms with E-state index in [1.54, 1.807) is 11.3 Å². The first-order valence-electron chi connectivity index (χ1n) is 19.2. The fourth-order valence-corrected chi connectivity index (χ4v) is 10.4. The Labute approximate surface area is 333 Å². The lowest BCUT2D eigenvalue weighted by atomic mass is 9.66. The Morgan fingerprint density at radius 1 is 0.368 bits per heavy atom. The van der Waals surface area contributed by atoms with Crippen molar-refractivity contribution in [3.05, 3.63) is 210 Å². The Morgan fingerprint density at radius 3 is 1.72 bits per heavy atom. The fraction of sp³-hybridized carbons (Fsp3) is 0.0192. The van der Waals surface area contributed by atoms with E-state index >= 15 is 0 Å². The van der Waals surface area contributed by atoms with E-state index in [4.69, 9.17) is 19.7 Å². The van der Waals surface area contributed by atoms with E-state index in [0.717, 1.165) is 56.0 Å². The number of thiophene rings is 1. The quantitative estimate of drug-likeness (QED) is 0.180. The van der Waals surface area contributed by atoms with Crippen LogP contribution in [-0.4, -0.2) is 15.0 Å². The first-order chi connectivity index (χ1) is 28.3. The van der Waals surface area contributed by atoms with Gasteiger partial charge in [-0.3, -0.25) is 0 Å². The second kappa shape index (κ2) is 12.4. The van der Waals surface area contributed by atoms with E-state index in [1.807, 2.05) is 6.07 Å². The predicted molar refractivity (Wildman–Crippen MR) is 232 cm³/mol. The van der Waals surface area contributed by atoms with Crippen LogP contribution in [0.1, 0.15) is 22.3 Å². The van der Waals surface area contributed by atoms with Crippen LogP contribution in [0.25, 0.3) is 76.6 Å². The molecule has 0 radical (unpaired) electrons. The standard InChI is InChI=1S/C52H31N3OS/c1-2-15-32(16-3-1)34-17-4-5-20-38(34)50-53-49(54-51(55-50)39-22-14-21-37-36-19-7-13-28-47(36)57-48(37)39)33-29-30-42-40(31-33)35-18-6-8-23-41(35)52(42)43-24-9-11-26-45(43)56-46-27-12-10-25-44(46)52/h1-31H. The molecule has 1 aliphatic carbocycles. The molecule has 12 rings (SSSR count). The summed E-state index contributed by atoms with van der Waals surface area (Å²) in [6.07, 6.45) is 0. The molecular weight excluding hydrogens is 715 g/mol. The highest BCUT2D eigenvalue weighted by Crippen LogP contribution is 2.62. The van der Waals surface area contributed by atoms with E-state index in [-0.39, 0.29) is 0 Å². The van der Waals surface area contributed by atoms with Crippen LogP contribution in [-0.2, 0) is 5.41 Å². The van der Waals surface area contributed by atoms with Gasteiger partial charge in [-0.05, 0) is 63.7 Å². The van der Waals surface area contributed by atoms with Crippen molar-refractivity contribution in [3.8, 4) is 67.9 Å². The van der Waals surface area contributed by atoms with Crippen molar-refractivity contribution in [3.63, 3.8) is 0 Å². The van der Waals surface area contributed by atoms with Crippen LogP contribution in [0.5, 0.6) is 11.5 Å². The summed E-state index contributed by atoms with van der Waals surface area (Å²) in [5.41, 5.74) is 11.6. The largest absolute Gasteiger partial charge is 0.457 e. The van der Waals surface area contributed by atoms with Gasteiger partial charge in [0, 0.05) is 48.0 Å². The molecule has 1 aliphatic heterocycles. The van der Waals surface area contributed by atoms with E-state index < -0.39 is 5.41 Å². The highest BCUT2D eigenvalue weighted by molar-refractivity contribution is 7.26. The minimum atomic E-state index is -0.545. The molecule has 2 aliphatic rings. The summed E-state index contributed by atoms with van der Waals surface area (Å²) in [6, 6.07) is 66.4. The second-order valence-electron chi connectivity index (χ2n) is 14.6. The van der Waals surface area contributed by atoms with Crippen molar-refractivity contribution < 1.29 is 4.74 Å². The molecule has 8 aromatic carbocycles. The van der Waals surface area contributed by atoms with Crippen molar-refractivity contribution in [2.45, 2.75) is 5.41 Å². The highest BCUT2D eigenvalue weighted by Gasteiger charge is 2.51. The topological polar surface area (TPSA) is 47.9 Å². The van der Waals surface area contributed by atoms with Gasteiger partial charge in [0.2, 0.25) is 0 Å². The Morgan fingerprint density at radius 2 is 0.930 bits per heavy atom. The molecule has 0 bridgehead atoms. The fourth-order valence-electron chi connectivity index (χ4n) is 9.21. The zero-order valence-electron chi connectivity index (χ0n) is 30.6. The lowest BCUT2D eigenvalue weighted by Gasteiger charge is -2.39. The lowest BCUT2D eigenvalue weighted by molar-refractivity contribution is 0.436. The van der Waals surface area contributed by atoms with E-state index in [0.29, 0.717) is 17.5 Å². The van der Waals surface area contributed by atoms with Crippen LogP contribution in [0, 0.1) is 0 Å². The summed E-state index contributed by atoms with van der Waals surface area (Å²) in [6.45, 7) is 0. The van der Waals surface area contributed by atoms with E-state index in [9.17, 15) is 0 Å². The molecule has 5 heteroatoms. The van der Waals surface area contributed by atoms with Crippen molar-refractivity contribution in [2.75, 3.05) is 0 Å². The Bertz CT molecular complexity index is 3200. The molecule has 4 nitrogen and oxygen atoms in total. The molecule has 2 aromatic heterocycles. The average Bonchev–Trinajstić information content (AvgIpc) is 3.80. The molecule has 0 saturated heterocycles. The number of hydrogen-bond donors (Lipinski definition) is 0. The monoisotopic (exact) mass is 745 g/mol. The SMILES string of the molecule is c1ccc(-c2ccccc2-c2nc(-c3ccc4c(c3)-c3ccccc3C43c4ccccc4Oc4ccccc43)nc(-c3cccc4c3sc3ccccc34)n2)cc1. The molecule has 0 amide bonds. The third-order valence-corrected chi connectivity index (χ3v) is 12.9. The minimum absolute atomic E-state index is 0.545. The Hall–Kier alpha value is -7.21. The highest BCUT2D eigenvalue weighted by atomic mass is 32.1. The maximum atomic E-state index is 6.56. The first kappa shape index (κ1) is 32.1. The normalized spacial score (nSPS) is 13.2.